The molecule has 1 aromatic carbocycles. The van der Waals surface area contributed by atoms with Gasteiger partial charge in [0, 0.05) is 44.6 Å². The molecule has 124 valence electrons. The Labute approximate surface area is 132 Å². The Kier molecular flexibility index (Phi) is 4.16. The number of carbonyl (C=O) groups excluding carboxylic acids is 1. The van der Waals surface area contributed by atoms with Crippen molar-refractivity contribution < 1.29 is 19.9 Å². The lowest BCUT2D eigenvalue weighted by Crippen LogP contribution is -2.43. The van der Waals surface area contributed by atoms with Crippen molar-refractivity contribution in [3.8, 4) is 0 Å². The Balaban J connectivity index is 1.91. The molecule has 2 unspecified atom stereocenters. The van der Waals surface area contributed by atoms with Crippen LogP contribution in [-0.4, -0.2) is 51.4 Å². The number of nitro benzene ring substituents is 1. The van der Waals surface area contributed by atoms with E-state index >= 15 is 0 Å². The molecule has 2 aliphatic heterocycles. The van der Waals surface area contributed by atoms with Crippen LogP contribution in [0.3, 0.4) is 0 Å². The van der Waals surface area contributed by atoms with E-state index < -0.39 is 17.4 Å². The van der Waals surface area contributed by atoms with Crippen molar-refractivity contribution >= 4 is 22.8 Å². The number of fused-ring (bicyclic) bond motifs is 1. The number of nitrogens with zero attached hydrogens (tertiary/aromatic N) is 2. The number of nitro groups is 1. The van der Waals surface area contributed by atoms with Gasteiger partial charge in [-0.3, -0.25) is 19.8 Å². The predicted molar refractivity (Wildman–Crippen MR) is 81.9 cm³/mol. The number of anilines is 2. The van der Waals surface area contributed by atoms with Crippen LogP contribution in [0.2, 0.25) is 0 Å². The lowest BCUT2D eigenvalue weighted by atomic mass is 10.0. The molecule has 9 heteroatoms. The molecule has 0 bridgehead atoms. The molecule has 9 nitrogen and oxygen atoms in total. The minimum atomic E-state index is -1.25. The SMILES string of the molecule is O=C1CCN(Cc2cc([N+](=O)[O-])cc3c2NC(O)C(O)N3)CC1. The van der Waals surface area contributed by atoms with Crippen LogP contribution in [0.25, 0.3) is 0 Å². The largest absolute Gasteiger partial charge is 0.369 e. The van der Waals surface area contributed by atoms with Crippen molar-refractivity contribution in [2.75, 3.05) is 23.7 Å². The van der Waals surface area contributed by atoms with Crippen LogP contribution in [0.5, 0.6) is 0 Å². The molecule has 0 amide bonds. The van der Waals surface area contributed by atoms with Crippen LogP contribution in [0.1, 0.15) is 18.4 Å². The van der Waals surface area contributed by atoms with Gasteiger partial charge in [0.1, 0.15) is 5.78 Å². The number of hydrogen-bond acceptors (Lipinski definition) is 8. The second-order valence-electron chi connectivity index (χ2n) is 5.78. The van der Waals surface area contributed by atoms with Gasteiger partial charge in [-0.05, 0) is 5.56 Å². The standard InChI is InChI=1S/C14H18N4O5/c19-10-1-3-17(4-2-10)7-8-5-9(18(22)23)6-11-12(8)16-14(21)13(20)15-11/h5-6,13-16,20-21H,1-4,7H2. The molecule has 4 N–H and O–H groups in total. The number of rotatable bonds is 3. The van der Waals surface area contributed by atoms with Gasteiger partial charge in [-0.25, -0.2) is 0 Å². The molecule has 2 atom stereocenters. The summed E-state index contributed by atoms with van der Waals surface area (Å²) < 4.78 is 0. The van der Waals surface area contributed by atoms with Crippen LogP contribution in [0.4, 0.5) is 17.1 Å². The van der Waals surface area contributed by atoms with Gasteiger partial charge in [0.05, 0.1) is 16.3 Å². The summed E-state index contributed by atoms with van der Waals surface area (Å²) in [6.07, 6.45) is -1.50. The van der Waals surface area contributed by atoms with Crippen molar-refractivity contribution in [1.29, 1.82) is 0 Å². The van der Waals surface area contributed by atoms with E-state index in [1.165, 1.54) is 12.1 Å². The fraction of sp³-hybridized carbons (Fsp3) is 0.500. The van der Waals surface area contributed by atoms with Gasteiger partial charge in [-0.1, -0.05) is 0 Å². The molecule has 3 rings (SSSR count). The van der Waals surface area contributed by atoms with Gasteiger partial charge in [-0.15, -0.1) is 0 Å². The molecule has 2 aliphatic rings. The maximum Gasteiger partial charge on any atom is 0.271 e. The highest BCUT2D eigenvalue weighted by atomic mass is 16.6. The highest BCUT2D eigenvalue weighted by molar-refractivity contribution is 5.80. The molecule has 0 aliphatic carbocycles. The van der Waals surface area contributed by atoms with Crippen LogP contribution >= 0.6 is 0 Å². The fourth-order valence-electron chi connectivity index (χ4n) is 2.87. The third kappa shape index (κ3) is 3.26. The predicted octanol–water partition coefficient (Wildman–Crippen LogP) is 0.234. The lowest BCUT2D eigenvalue weighted by Gasteiger charge is -2.32. The zero-order valence-corrected chi connectivity index (χ0v) is 12.4. The normalized spacial score (nSPS) is 24.5. The summed E-state index contributed by atoms with van der Waals surface area (Å²) in [5.41, 5.74) is 1.46. The van der Waals surface area contributed by atoms with E-state index in [-0.39, 0.29) is 11.5 Å². The number of benzene rings is 1. The Morgan fingerprint density at radius 2 is 1.87 bits per heavy atom. The van der Waals surface area contributed by atoms with E-state index in [1.54, 1.807) is 0 Å². The summed E-state index contributed by atoms with van der Waals surface area (Å²) in [4.78, 5) is 24.0. The minimum absolute atomic E-state index is 0.0928. The number of hydrogen-bond donors (Lipinski definition) is 4. The second-order valence-corrected chi connectivity index (χ2v) is 5.78. The van der Waals surface area contributed by atoms with E-state index in [9.17, 15) is 25.1 Å². The molecular formula is C14H18N4O5. The second kappa shape index (κ2) is 6.11. The zero-order chi connectivity index (χ0) is 16.6. The number of Topliss-reactive ketones (excluding diaryl/α,β-unsaturated/α-hetero) is 1. The van der Waals surface area contributed by atoms with Crippen LogP contribution in [0.15, 0.2) is 12.1 Å². The molecule has 0 saturated carbocycles. The summed E-state index contributed by atoms with van der Waals surface area (Å²) in [5, 5.41) is 35.9. The van der Waals surface area contributed by atoms with E-state index in [1.807, 2.05) is 4.90 Å². The highest BCUT2D eigenvalue weighted by Crippen LogP contribution is 2.36. The number of aliphatic hydroxyl groups excluding tert-OH is 2. The lowest BCUT2D eigenvalue weighted by molar-refractivity contribution is -0.384. The molecule has 1 saturated heterocycles. The molecule has 1 aromatic rings. The Bertz CT molecular complexity index is 640. The molecular weight excluding hydrogens is 304 g/mol. The first-order valence-corrected chi connectivity index (χ1v) is 7.38. The highest BCUT2D eigenvalue weighted by Gasteiger charge is 2.29. The minimum Gasteiger partial charge on any atom is -0.369 e. The van der Waals surface area contributed by atoms with Gasteiger partial charge in [0.2, 0.25) is 0 Å². The average molecular weight is 322 g/mol. The van der Waals surface area contributed by atoms with Gasteiger partial charge < -0.3 is 20.8 Å². The third-order valence-corrected chi connectivity index (χ3v) is 4.12. The third-order valence-electron chi connectivity index (χ3n) is 4.12. The quantitative estimate of drug-likeness (QED) is 0.460. The first kappa shape index (κ1) is 15.7. The Morgan fingerprint density at radius 1 is 1.22 bits per heavy atom. The zero-order valence-electron chi connectivity index (χ0n) is 12.4. The van der Waals surface area contributed by atoms with Crippen LogP contribution in [-0.2, 0) is 11.3 Å². The van der Waals surface area contributed by atoms with Crippen LogP contribution in [0, 0.1) is 10.1 Å². The van der Waals surface area contributed by atoms with Gasteiger partial charge in [0.25, 0.3) is 5.69 Å². The Hall–Kier alpha value is -2.23. The summed E-state index contributed by atoms with van der Waals surface area (Å²) in [7, 11) is 0. The number of nitrogens with one attached hydrogen (secondary N) is 2. The fourth-order valence-corrected chi connectivity index (χ4v) is 2.87. The number of non-ortho nitro benzene ring substituents is 1. The maximum atomic E-state index is 11.3. The monoisotopic (exact) mass is 322 g/mol. The molecule has 2 heterocycles. The van der Waals surface area contributed by atoms with Crippen molar-refractivity contribution in [2.24, 2.45) is 0 Å². The van der Waals surface area contributed by atoms with Gasteiger partial charge in [0.15, 0.2) is 12.5 Å². The van der Waals surface area contributed by atoms with Gasteiger partial charge >= 0.3 is 0 Å². The first-order valence-electron chi connectivity index (χ1n) is 7.38. The molecule has 23 heavy (non-hydrogen) atoms. The smallest absolute Gasteiger partial charge is 0.271 e. The number of ketones is 1. The van der Waals surface area contributed by atoms with E-state index in [4.69, 9.17) is 0 Å². The molecule has 0 spiro atoms. The topological polar surface area (TPSA) is 128 Å². The molecule has 1 fully saturated rings. The van der Waals surface area contributed by atoms with E-state index in [0.29, 0.717) is 49.4 Å². The van der Waals surface area contributed by atoms with E-state index in [2.05, 4.69) is 10.6 Å². The van der Waals surface area contributed by atoms with Crippen LogP contribution < -0.4 is 10.6 Å². The number of likely N-dealkylation sites (tertiary alicyclic amines) is 1. The van der Waals surface area contributed by atoms with Gasteiger partial charge in [-0.2, -0.15) is 0 Å². The number of piperidine rings is 1. The molecule has 0 aromatic heterocycles. The van der Waals surface area contributed by atoms with Crippen molar-refractivity contribution in [1.82, 2.24) is 4.90 Å². The van der Waals surface area contributed by atoms with Crippen molar-refractivity contribution in [2.45, 2.75) is 31.8 Å². The molecule has 0 radical (unpaired) electrons. The van der Waals surface area contributed by atoms with Crippen molar-refractivity contribution in [3.63, 3.8) is 0 Å². The number of carbonyl (C=O) groups is 1. The summed E-state index contributed by atoms with van der Waals surface area (Å²) >= 11 is 0. The summed E-state index contributed by atoms with van der Waals surface area (Å²) in [5.74, 6) is 0.223. The Morgan fingerprint density at radius 3 is 2.52 bits per heavy atom. The van der Waals surface area contributed by atoms with E-state index in [0.717, 1.165) is 0 Å². The summed E-state index contributed by atoms with van der Waals surface area (Å²) in [6, 6.07) is 2.77. The average Bonchev–Trinajstić information content (AvgIpc) is 2.51. The van der Waals surface area contributed by atoms with Crippen molar-refractivity contribution in [3.05, 3.63) is 27.8 Å². The summed E-state index contributed by atoms with van der Waals surface area (Å²) in [6.45, 7) is 1.64. The number of aliphatic hydroxyl groups is 2. The maximum absolute atomic E-state index is 11.3. The first-order chi connectivity index (χ1) is 10.9.